The van der Waals surface area contributed by atoms with Crippen LogP contribution in [0, 0.1) is 0 Å². The van der Waals surface area contributed by atoms with Crippen LogP contribution in [0.15, 0.2) is 29.3 Å². The van der Waals surface area contributed by atoms with E-state index >= 15 is 0 Å². The maximum absolute atomic E-state index is 12.5. The molecule has 1 amide bonds. The molecule has 23 heavy (non-hydrogen) atoms. The lowest BCUT2D eigenvalue weighted by atomic mass is 9.94. The highest BCUT2D eigenvalue weighted by molar-refractivity contribution is 5.76. The van der Waals surface area contributed by atoms with E-state index < -0.39 is 0 Å². The molecule has 0 bridgehead atoms. The van der Waals surface area contributed by atoms with Crippen molar-refractivity contribution in [2.75, 3.05) is 13.1 Å². The van der Waals surface area contributed by atoms with E-state index in [9.17, 15) is 9.59 Å². The Labute approximate surface area is 134 Å². The zero-order valence-corrected chi connectivity index (χ0v) is 13.2. The highest BCUT2D eigenvalue weighted by atomic mass is 16.2. The molecule has 0 saturated carbocycles. The van der Waals surface area contributed by atoms with E-state index in [4.69, 9.17) is 0 Å². The predicted molar refractivity (Wildman–Crippen MR) is 84.9 cm³/mol. The average molecular weight is 315 g/mol. The number of amides is 1. The summed E-state index contributed by atoms with van der Waals surface area (Å²) >= 11 is 0. The summed E-state index contributed by atoms with van der Waals surface area (Å²) in [4.78, 5) is 32.2. The fourth-order valence-corrected chi connectivity index (χ4v) is 3.12. The number of aryl methyl sites for hydroxylation is 2. The summed E-state index contributed by atoms with van der Waals surface area (Å²) in [5, 5.41) is 4.12. The number of carbonyl (C=O) groups excluding carboxylic acids is 1. The van der Waals surface area contributed by atoms with Crippen LogP contribution in [-0.4, -0.2) is 43.6 Å². The number of H-pyrrole nitrogens is 1. The van der Waals surface area contributed by atoms with Gasteiger partial charge in [0.15, 0.2) is 0 Å². The van der Waals surface area contributed by atoms with Crippen LogP contribution >= 0.6 is 0 Å². The normalized spacial score (nSPS) is 18.1. The Bertz CT molecular complexity index is 736. The Kier molecular flexibility index (Phi) is 4.55. The van der Waals surface area contributed by atoms with Crippen LogP contribution < -0.4 is 5.69 Å². The lowest BCUT2D eigenvalue weighted by Gasteiger charge is -2.32. The van der Waals surface area contributed by atoms with E-state index in [1.54, 1.807) is 10.9 Å². The van der Waals surface area contributed by atoms with Gasteiger partial charge in [-0.3, -0.25) is 9.48 Å². The van der Waals surface area contributed by atoms with Crippen molar-refractivity contribution in [3.05, 3.63) is 46.4 Å². The Hall–Kier alpha value is -2.44. The summed E-state index contributed by atoms with van der Waals surface area (Å²) in [5.74, 6) is 0.340. The van der Waals surface area contributed by atoms with Crippen LogP contribution in [-0.2, 0) is 18.3 Å². The van der Waals surface area contributed by atoms with Gasteiger partial charge in [0.25, 0.3) is 0 Å². The number of likely N-dealkylation sites (tertiary alicyclic amines) is 1. The molecular formula is C16H21N5O2. The van der Waals surface area contributed by atoms with Crippen molar-refractivity contribution in [1.29, 1.82) is 0 Å². The smallest absolute Gasteiger partial charge is 0.342 e. The monoisotopic (exact) mass is 315 g/mol. The summed E-state index contributed by atoms with van der Waals surface area (Å²) in [5.41, 5.74) is 1.60. The fraction of sp³-hybridized carbons (Fsp3) is 0.500. The second-order valence-electron chi connectivity index (χ2n) is 5.96. The highest BCUT2D eigenvalue weighted by Crippen LogP contribution is 2.25. The maximum atomic E-state index is 12.5. The first kappa shape index (κ1) is 15.5. The second kappa shape index (κ2) is 6.76. The van der Waals surface area contributed by atoms with Gasteiger partial charge in [0.1, 0.15) is 0 Å². The molecule has 1 N–H and O–H groups in total. The maximum Gasteiger partial charge on any atom is 0.345 e. The topological polar surface area (TPSA) is 83.9 Å². The molecule has 1 aliphatic heterocycles. The molecule has 122 valence electrons. The van der Waals surface area contributed by atoms with Crippen molar-refractivity contribution in [2.45, 2.75) is 31.6 Å². The van der Waals surface area contributed by atoms with Gasteiger partial charge in [-0.1, -0.05) is 0 Å². The zero-order chi connectivity index (χ0) is 16.2. The van der Waals surface area contributed by atoms with Crippen LogP contribution in [0.2, 0.25) is 0 Å². The number of aromatic amines is 1. The van der Waals surface area contributed by atoms with Gasteiger partial charge in [-0.25, -0.2) is 9.78 Å². The van der Waals surface area contributed by atoms with Gasteiger partial charge in [0, 0.05) is 56.3 Å². The zero-order valence-electron chi connectivity index (χ0n) is 13.2. The van der Waals surface area contributed by atoms with Gasteiger partial charge in [-0.05, 0) is 31.4 Å². The first-order chi connectivity index (χ1) is 11.1. The van der Waals surface area contributed by atoms with Crippen molar-refractivity contribution >= 4 is 5.91 Å². The molecule has 3 rings (SSSR count). The Balaban J connectivity index is 1.60. The lowest BCUT2D eigenvalue weighted by molar-refractivity contribution is -0.132. The standard InChI is InChI=1S/C16H21N5O2/c1-20-13(6-9-18-20)4-5-15(22)21-10-2-3-12(11-21)14-7-8-17-16(23)19-14/h6-9,12H,2-5,10-11H2,1H3,(H,17,19,23)/t12-/m1/s1. The van der Waals surface area contributed by atoms with Crippen molar-refractivity contribution in [3.63, 3.8) is 0 Å². The minimum absolute atomic E-state index is 0.160. The molecule has 0 aromatic carbocycles. The number of nitrogens with zero attached hydrogens (tertiary/aromatic N) is 4. The Morgan fingerprint density at radius 2 is 2.26 bits per heavy atom. The fourth-order valence-electron chi connectivity index (χ4n) is 3.12. The van der Waals surface area contributed by atoms with Crippen molar-refractivity contribution in [3.8, 4) is 0 Å². The lowest BCUT2D eigenvalue weighted by Crippen LogP contribution is -2.39. The number of piperidine rings is 1. The third kappa shape index (κ3) is 3.67. The molecule has 1 fully saturated rings. The molecule has 1 saturated heterocycles. The number of hydrogen-bond acceptors (Lipinski definition) is 4. The van der Waals surface area contributed by atoms with Gasteiger partial charge in [-0.2, -0.15) is 5.10 Å². The third-order valence-corrected chi connectivity index (χ3v) is 4.43. The van der Waals surface area contributed by atoms with Crippen LogP contribution in [0.5, 0.6) is 0 Å². The summed E-state index contributed by atoms with van der Waals surface area (Å²) in [6.07, 6.45) is 6.38. The molecule has 7 heteroatoms. The molecule has 2 aromatic rings. The van der Waals surface area contributed by atoms with E-state index in [-0.39, 0.29) is 17.5 Å². The number of nitrogens with one attached hydrogen (secondary N) is 1. The summed E-state index contributed by atoms with van der Waals surface area (Å²) in [6, 6.07) is 3.77. The molecule has 0 radical (unpaired) electrons. The van der Waals surface area contributed by atoms with Gasteiger partial charge < -0.3 is 9.88 Å². The van der Waals surface area contributed by atoms with Crippen molar-refractivity contribution in [2.24, 2.45) is 7.05 Å². The summed E-state index contributed by atoms with van der Waals surface area (Å²) in [6.45, 7) is 1.44. The highest BCUT2D eigenvalue weighted by Gasteiger charge is 2.25. The molecular weight excluding hydrogens is 294 g/mol. The van der Waals surface area contributed by atoms with Gasteiger partial charge >= 0.3 is 5.69 Å². The van der Waals surface area contributed by atoms with Gasteiger partial charge in [0.2, 0.25) is 5.91 Å². The molecule has 2 aromatic heterocycles. The number of carbonyl (C=O) groups is 1. The first-order valence-electron chi connectivity index (χ1n) is 7.93. The van der Waals surface area contributed by atoms with E-state index in [2.05, 4.69) is 15.1 Å². The molecule has 0 spiro atoms. The van der Waals surface area contributed by atoms with Crippen LogP contribution in [0.3, 0.4) is 0 Å². The van der Waals surface area contributed by atoms with Crippen LogP contribution in [0.1, 0.15) is 36.6 Å². The van der Waals surface area contributed by atoms with Crippen LogP contribution in [0.25, 0.3) is 0 Å². The van der Waals surface area contributed by atoms with Gasteiger partial charge in [0.05, 0.1) is 0 Å². The SMILES string of the molecule is Cn1nccc1CCC(=O)N1CCC[C@@H](c2ccnc(=O)[nH]2)C1. The molecule has 0 aliphatic carbocycles. The molecule has 1 atom stereocenters. The summed E-state index contributed by atoms with van der Waals surface area (Å²) < 4.78 is 1.80. The van der Waals surface area contributed by atoms with Crippen molar-refractivity contribution in [1.82, 2.24) is 24.6 Å². The van der Waals surface area contributed by atoms with E-state index in [1.165, 1.54) is 6.20 Å². The molecule has 3 heterocycles. The van der Waals surface area contributed by atoms with E-state index in [0.29, 0.717) is 19.4 Å². The predicted octanol–water partition coefficient (Wildman–Crippen LogP) is 0.842. The van der Waals surface area contributed by atoms with E-state index in [1.807, 2.05) is 24.1 Å². The minimum Gasteiger partial charge on any atom is -0.342 e. The summed E-state index contributed by atoms with van der Waals surface area (Å²) in [7, 11) is 1.89. The number of rotatable bonds is 4. The largest absolute Gasteiger partial charge is 0.345 e. The average Bonchev–Trinajstić information content (AvgIpc) is 2.98. The minimum atomic E-state index is -0.331. The Morgan fingerprint density at radius 3 is 3.00 bits per heavy atom. The van der Waals surface area contributed by atoms with Crippen molar-refractivity contribution < 1.29 is 4.79 Å². The second-order valence-corrected chi connectivity index (χ2v) is 5.96. The molecule has 1 aliphatic rings. The number of hydrogen-bond donors (Lipinski definition) is 1. The Morgan fingerprint density at radius 1 is 1.39 bits per heavy atom. The van der Waals surface area contributed by atoms with Crippen LogP contribution in [0.4, 0.5) is 0 Å². The first-order valence-corrected chi connectivity index (χ1v) is 7.93. The quantitative estimate of drug-likeness (QED) is 0.906. The molecule has 7 nitrogen and oxygen atoms in total. The third-order valence-electron chi connectivity index (χ3n) is 4.43. The number of aromatic nitrogens is 4. The van der Waals surface area contributed by atoms with Gasteiger partial charge in [-0.15, -0.1) is 0 Å². The molecule has 0 unspecified atom stereocenters. The van der Waals surface area contributed by atoms with E-state index in [0.717, 1.165) is 30.8 Å².